The largest absolute Gasteiger partial charge is 0.274 e. The summed E-state index contributed by atoms with van der Waals surface area (Å²) in [5.41, 5.74) is 0. The number of amides is 1. The lowest BCUT2D eigenvalue weighted by atomic mass is 10.5. The van der Waals surface area contributed by atoms with Crippen LogP contribution in [0.3, 0.4) is 0 Å². The van der Waals surface area contributed by atoms with Gasteiger partial charge in [0.2, 0.25) is 11.9 Å². The van der Waals surface area contributed by atoms with Gasteiger partial charge in [-0.15, -0.1) is 0 Å². The summed E-state index contributed by atoms with van der Waals surface area (Å²) in [5.74, 6) is -2.07. The molecule has 0 radical (unpaired) electrons. The fraction of sp³-hybridized carbons (Fsp3) is 0.143. The van der Waals surface area contributed by atoms with Crippen LogP contribution in [0.1, 0.15) is 6.92 Å². The average molecular weight is 253 g/mol. The molecule has 1 aromatic heterocycles. The monoisotopic (exact) mass is 252 g/mol. The first-order chi connectivity index (χ1) is 6.83. The predicted octanol–water partition coefficient (Wildman–Crippen LogP) is 0.699. The molecule has 1 heterocycles. The molecule has 1 rings (SSSR count). The normalized spacial score (nSPS) is 11.1. The van der Waals surface area contributed by atoms with Gasteiger partial charge >= 0.3 is 0 Å². The van der Waals surface area contributed by atoms with Crippen molar-refractivity contribution in [3.63, 3.8) is 0 Å². The summed E-state index contributed by atoms with van der Waals surface area (Å²) in [6, 6.07) is 2.04. The number of carbonyl (C=O) groups is 1. The number of halogens is 2. The molecule has 0 atom stereocenters. The molecule has 5 nitrogen and oxygen atoms in total. The summed E-state index contributed by atoms with van der Waals surface area (Å²) < 4.78 is 37.3. The number of nitrogens with zero attached hydrogens (tertiary/aromatic N) is 1. The van der Waals surface area contributed by atoms with Crippen LogP contribution in [0.2, 0.25) is 5.15 Å². The summed E-state index contributed by atoms with van der Waals surface area (Å²) in [5, 5.41) is -0.172. The molecule has 0 aliphatic carbocycles. The summed E-state index contributed by atoms with van der Waals surface area (Å²) in [6.45, 7) is 0.999. The zero-order chi connectivity index (χ0) is 11.6. The van der Waals surface area contributed by atoms with E-state index in [1.807, 2.05) is 0 Å². The van der Waals surface area contributed by atoms with Crippen LogP contribution in [-0.2, 0) is 14.8 Å². The summed E-state index contributed by atoms with van der Waals surface area (Å²) in [6.07, 6.45) is 0. The van der Waals surface area contributed by atoms with Gasteiger partial charge in [-0.05, 0) is 12.1 Å². The maximum atomic E-state index is 13.1. The molecule has 0 fully saturated rings. The van der Waals surface area contributed by atoms with E-state index in [-0.39, 0.29) is 5.15 Å². The predicted molar refractivity (Wildman–Crippen MR) is 50.2 cm³/mol. The van der Waals surface area contributed by atoms with Crippen molar-refractivity contribution < 1.29 is 17.6 Å². The molecule has 0 bridgehead atoms. The molecule has 0 aromatic carbocycles. The number of nitrogens with one attached hydrogen (secondary N) is 1. The van der Waals surface area contributed by atoms with E-state index in [1.165, 1.54) is 0 Å². The van der Waals surface area contributed by atoms with Gasteiger partial charge in [-0.25, -0.2) is 18.1 Å². The zero-order valence-electron chi connectivity index (χ0n) is 7.49. The molecule has 1 N–H and O–H groups in total. The van der Waals surface area contributed by atoms with Crippen molar-refractivity contribution in [2.75, 3.05) is 0 Å². The SMILES string of the molecule is CC(=O)NS(=O)(=O)c1ccc(Cl)nc1F. The Balaban J connectivity index is 3.22. The van der Waals surface area contributed by atoms with Crippen LogP contribution in [0.5, 0.6) is 0 Å². The number of sulfonamides is 1. The lowest BCUT2D eigenvalue weighted by molar-refractivity contribution is -0.117. The second-order valence-electron chi connectivity index (χ2n) is 2.58. The fourth-order valence-electron chi connectivity index (χ4n) is 0.844. The Morgan fingerprint density at radius 2 is 2.13 bits per heavy atom. The smallest absolute Gasteiger partial charge is 0.268 e. The van der Waals surface area contributed by atoms with Gasteiger partial charge in [0.15, 0.2) is 0 Å². The molecule has 0 aliphatic heterocycles. The topological polar surface area (TPSA) is 76.1 Å². The van der Waals surface area contributed by atoms with E-state index in [0.717, 1.165) is 19.1 Å². The van der Waals surface area contributed by atoms with Crippen LogP contribution in [-0.4, -0.2) is 19.3 Å². The maximum absolute atomic E-state index is 13.1. The van der Waals surface area contributed by atoms with E-state index in [1.54, 1.807) is 4.72 Å². The van der Waals surface area contributed by atoms with Crippen molar-refractivity contribution in [2.24, 2.45) is 0 Å². The Morgan fingerprint density at radius 3 is 2.60 bits per heavy atom. The summed E-state index contributed by atoms with van der Waals surface area (Å²) in [7, 11) is -4.20. The molecule has 1 amide bonds. The highest BCUT2D eigenvalue weighted by atomic mass is 35.5. The molecule has 0 spiro atoms. The molecule has 1 aromatic rings. The van der Waals surface area contributed by atoms with Crippen molar-refractivity contribution in [3.05, 3.63) is 23.2 Å². The highest BCUT2D eigenvalue weighted by Crippen LogP contribution is 2.14. The van der Waals surface area contributed by atoms with Crippen LogP contribution < -0.4 is 4.72 Å². The number of hydrogen-bond donors (Lipinski definition) is 1. The third kappa shape index (κ3) is 2.87. The molecule has 0 unspecified atom stereocenters. The van der Waals surface area contributed by atoms with Gasteiger partial charge in [0.05, 0.1) is 0 Å². The summed E-state index contributed by atoms with van der Waals surface area (Å²) in [4.78, 5) is 12.9. The van der Waals surface area contributed by atoms with E-state index in [0.29, 0.717) is 0 Å². The Hall–Kier alpha value is -1.21. The van der Waals surface area contributed by atoms with Gasteiger partial charge in [-0.3, -0.25) is 4.79 Å². The highest BCUT2D eigenvalue weighted by Gasteiger charge is 2.21. The van der Waals surface area contributed by atoms with Crippen LogP contribution in [0.15, 0.2) is 17.0 Å². The van der Waals surface area contributed by atoms with Crippen LogP contribution in [0, 0.1) is 5.95 Å². The van der Waals surface area contributed by atoms with Gasteiger partial charge < -0.3 is 0 Å². The van der Waals surface area contributed by atoms with Crippen molar-refractivity contribution in [2.45, 2.75) is 11.8 Å². The number of carbonyl (C=O) groups excluding carboxylic acids is 1. The van der Waals surface area contributed by atoms with Crippen molar-refractivity contribution >= 4 is 27.5 Å². The number of pyridine rings is 1. The van der Waals surface area contributed by atoms with Crippen LogP contribution in [0.4, 0.5) is 4.39 Å². The fourth-order valence-corrected chi connectivity index (χ4v) is 1.98. The van der Waals surface area contributed by atoms with Gasteiger partial charge in [0.1, 0.15) is 10.0 Å². The first kappa shape index (κ1) is 11.9. The van der Waals surface area contributed by atoms with Crippen molar-refractivity contribution in [1.82, 2.24) is 9.71 Å². The van der Waals surface area contributed by atoms with Gasteiger partial charge in [-0.2, -0.15) is 4.39 Å². The average Bonchev–Trinajstić information content (AvgIpc) is 1.99. The standard InChI is InChI=1S/C7H6ClFN2O3S/c1-4(12)11-15(13,14)5-2-3-6(8)10-7(5)9/h2-3H,1H3,(H,11,12). The second-order valence-corrected chi connectivity index (χ2v) is 4.62. The minimum atomic E-state index is -4.20. The van der Waals surface area contributed by atoms with E-state index in [4.69, 9.17) is 11.6 Å². The third-order valence-electron chi connectivity index (χ3n) is 1.35. The van der Waals surface area contributed by atoms with Crippen molar-refractivity contribution in [3.8, 4) is 0 Å². The number of rotatable bonds is 2. The maximum Gasteiger partial charge on any atom is 0.268 e. The molecular formula is C7H6ClFN2O3S. The van der Waals surface area contributed by atoms with Gasteiger partial charge in [-0.1, -0.05) is 11.6 Å². The Labute approximate surface area is 90.3 Å². The highest BCUT2D eigenvalue weighted by molar-refractivity contribution is 7.90. The Morgan fingerprint density at radius 1 is 1.53 bits per heavy atom. The van der Waals surface area contributed by atoms with E-state index < -0.39 is 26.8 Å². The van der Waals surface area contributed by atoms with E-state index in [2.05, 4.69) is 4.98 Å². The van der Waals surface area contributed by atoms with Crippen molar-refractivity contribution in [1.29, 1.82) is 0 Å². The molecule has 0 saturated carbocycles. The molecule has 0 saturated heterocycles. The Kier molecular flexibility index (Phi) is 3.25. The molecule has 82 valence electrons. The number of aromatic nitrogens is 1. The van der Waals surface area contributed by atoms with Gasteiger partial charge in [0, 0.05) is 6.92 Å². The minimum absolute atomic E-state index is 0.172. The quantitative estimate of drug-likeness (QED) is 0.786. The first-order valence-corrected chi connectivity index (χ1v) is 5.54. The van der Waals surface area contributed by atoms with Crippen LogP contribution >= 0.6 is 11.6 Å². The number of hydrogen-bond acceptors (Lipinski definition) is 4. The minimum Gasteiger partial charge on any atom is -0.274 e. The van der Waals surface area contributed by atoms with Crippen LogP contribution in [0.25, 0.3) is 0 Å². The first-order valence-electron chi connectivity index (χ1n) is 3.68. The lowest BCUT2D eigenvalue weighted by Crippen LogP contribution is -2.29. The molecule has 8 heteroatoms. The summed E-state index contributed by atoms with van der Waals surface area (Å²) >= 11 is 5.34. The Bertz CT molecular complexity index is 503. The van der Waals surface area contributed by atoms with Gasteiger partial charge in [0.25, 0.3) is 10.0 Å². The molecular weight excluding hydrogens is 247 g/mol. The second kappa shape index (κ2) is 4.11. The third-order valence-corrected chi connectivity index (χ3v) is 3.00. The molecule has 15 heavy (non-hydrogen) atoms. The lowest BCUT2D eigenvalue weighted by Gasteiger charge is -2.04. The van der Waals surface area contributed by atoms with E-state index >= 15 is 0 Å². The van der Waals surface area contributed by atoms with E-state index in [9.17, 15) is 17.6 Å². The zero-order valence-corrected chi connectivity index (χ0v) is 9.06. The molecule has 0 aliphatic rings.